The largest absolute Gasteiger partial charge is 0.454 e. The molecule has 1 aromatic carbocycles. The van der Waals surface area contributed by atoms with Gasteiger partial charge in [-0.05, 0) is 31.2 Å². The van der Waals surface area contributed by atoms with Crippen LogP contribution in [0, 0.1) is 6.92 Å². The Bertz CT molecular complexity index is 932. The van der Waals surface area contributed by atoms with Crippen molar-refractivity contribution in [3.05, 3.63) is 41.5 Å². The summed E-state index contributed by atoms with van der Waals surface area (Å²) in [7, 11) is 0. The van der Waals surface area contributed by atoms with Crippen molar-refractivity contribution in [2.75, 3.05) is 6.79 Å². The lowest BCUT2D eigenvalue weighted by Crippen LogP contribution is -2.09. The Morgan fingerprint density at radius 1 is 1.12 bits per heavy atom. The van der Waals surface area contributed by atoms with Crippen LogP contribution in [0.2, 0.25) is 0 Å². The van der Waals surface area contributed by atoms with Gasteiger partial charge in [0.05, 0.1) is 0 Å². The zero-order valence-corrected chi connectivity index (χ0v) is 12.9. The number of rotatable bonds is 3. The average Bonchev–Trinajstić information content (AvgIpc) is 3.27. The Kier molecular flexibility index (Phi) is 3.41. The molecule has 0 saturated heterocycles. The third-order valence-electron chi connectivity index (χ3n) is 3.64. The Balaban J connectivity index is 1.57. The number of halogens is 3. The number of aryl methyl sites for hydroxylation is 1. The Morgan fingerprint density at radius 2 is 1.92 bits per heavy atom. The molecule has 0 spiro atoms. The van der Waals surface area contributed by atoms with Gasteiger partial charge in [-0.15, -0.1) is 10.2 Å². The van der Waals surface area contributed by atoms with Crippen LogP contribution in [0.3, 0.4) is 0 Å². The minimum Gasteiger partial charge on any atom is -0.454 e. The normalized spacial score (nSPS) is 13.4. The molecule has 2 aromatic heterocycles. The van der Waals surface area contributed by atoms with E-state index in [2.05, 4.69) is 15.3 Å². The zero-order chi connectivity index (χ0) is 17.6. The number of hydrogen-bond donors (Lipinski definition) is 0. The number of hydrogen-bond acceptors (Lipinski definition) is 6. The van der Waals surface area contributed by atoms with Crippen LogP contribution in [0.15, 0.2) is 28.7 Å². The minimum atomic E-state index is -4.50. The molecular formula is C15H11F3N4O3. The molecule has 0 amide bonds. The molecule has 0 radical (unpaired) electrons. The highest BCUT2D eigenvalue weighted by molar-refractivity contribution is 5.60. The van der Waals surface area contributed by atoms with Gasteiger partial charge in [0.25, 0.3) is 0 Å². The van der Waals surface area contributed by atoms with Gasteiger partial charge < -0.3 is 13.9 Å². The average molecular weight is 352 g/mol. The molecule has 4 rings (SSSR count). The van der Waals surface area contributed by atoms with Crippen LogP contribution in [0.25, 0.3) is 11.5 Å². The van der Waals surface area contributed by atoms with Crippen LogP contribution < -0.4 is 9.47 Å². The highest BCUT2D eigenvalue weighted by Crippen LogP contribution is 2.35. The number of fused-ring (bicyclic) bond motifs is 1. The summed E-state index contributed by atoms with van der Waals surface area (Å²) in [6.45, 7) is 1.62. The van der Waals surface area contributed by atoms with Gasteiger partial charge in [0.15, 0.2) is 17.2 Å². The van der Waals surface area contributed by atoms with Gasteiger partial charge in [0, 0.05) is 11.3 Å². The predicted molar refractivity (Wildman–Crippen MR) is 76.9 cm³/mol. The topological polar surface area (TPSA) is 75.2 Å². The van der Waals surface area contributed by atoms with Gasteiger partial charge in [0.2, 0.25) is 18.6 Å². The Hall–Kier alpha value is -3.04. The fourth-order valence-electron chi connectivity index (χ4n) is 2.40. The van der Waals surface area contributed by atoms with E-state index in [1.807, 2.05) is 0 Å². The molecule has 130 valence electrons. The summed E-state index contributed by atoms with van der Waals surface area (Å²) >= 11 is 0. The molecule has 10 heteroatoms. The predicted octanol–water partition coefficient (Wildman–Crippen LogP) is 3.04. The van der Waals surface area contributed by atoms with Crippen molar-refractivity contribution >= 4 is 0 Å². The van der Waals surface area contributed by atoms with E-state index in [4.69, 9.17) is 13.9 Å². The van der Waals surface area contributed by atoms with Crippen molar-refractivity contribution < 1.29 is 27.1 Å². The molecule has 0 unspecified atom stereocenters. The summed E-state index contributed by atoms with van der Waals surface area (Å²) in [5, 5.41) is 11.3. The summed E-state index contributed by atoms with van der Waals surface area (Å²) in [6.07, 6.45) is -4.50. The fraction of sp³-hybridized carbons (Fsp3) is 0.267. The maximum absolute atomic E-state index is 12.7. The molecule has 3 aromatic rings. The highest BCUT2D eigenvalue weighted by Gasteiger charge is 2.34. The first-order valence-corrected chi connectivity index (χ1v) is 7.24. The third kappa shape index (κ3) is 2.90. The molecular weight excluding hydrogens is 341 g/mol. The summed E-state index contributed by atoms with van der Waals surface area (Å²) in [4.78, 5) is 0. The van der Waals surface area contributed by atoms with Crippen molar-refractivity contribution in [2.45, 2.75) is 19.6 Å². The van der Waals surface area contributed by atoms with Crippen molar-refractivity contribution in [3.8, 4) is 23.0 Å². The third-order valence-corrected chi connectivity index (χ3v) is 3.64. The van der Waals surface area contributed by atoms with Gasteiger partial charge in [0.1, 0.15) is 6.54 Å². The second-order valence-electron chi connectivity index (χ2n) is 5.40. The van der Waals surface area contributed by atoms with E-state index in [0.29, 0.717) is 22.8 Å². The van der Waals surface area contributed by atoms with E-state index < -0.39 is 11.9 Å². The second kappa shape index (κ2) is 5.50. The maximum atomic E-state index is 12.7. The Morgan fingerprint density at radius 3 is 2.68 bits per heavy atom. The summed E-state index contributed by atoms with van der Waals surface area (Å²) in [5.74, 6) is 1.56. The van der Waals surface area contributed by atoms with Crippen LogP contribution in [-0.4, -0.2) is 26.8 Å². The number of alkyl halides is 3. The van der Waals surface area contributed by atoms with E-state index in [0.717, 1.165) is 6.07 Å². The van der Waals surface area contributed by atoms with Crippen molar-refractivity contribution in [2.24, 2.45) is 0 Å². The molecule has 0 saturated carbocycles. The minimum absolute atomic E-state index is 0.0561. The molecule has 0 fully saturated rings. The van der Waals surface area contributed by atoms with Crippen LogP contribution >= 0.6 is 0 Å². The number of nitrogens with zero attached hydrogens (tertiary/aromatic N) is 4. The van der Waals surface area contributed by atoms with Crippen molar-refractivity contribution in [3.63, 3.8) is 0 Å². The smallest absolute Gasteiger partial charge is 0.435 e. The molecule has 7 nitrogen and oxygen atoms in total. The SMILES string of the molecule is Cc1cc(C(F)(F)F)nn1Cc1nnc(-c2ccc3c(c2)OCO3)o1. The molecule has 25 heavy (non-hydrogen) atoms. The lowest BCUT2D eigenvalue weighted by molar-refractivity contribution is -0.141. The molecule has 1 aliphatic rings. The van der Waals surface area contributed by atoms with Crippen LogP contribution in [0.5, 0.6) is 11.5 Å². The standard InChI is InChI=1S/C15H11F3N4O3/c1-8-4-12(15(16,17)18)21-22(8)6-13-19-20-14(25-13)9-2-3-10-11(5-9)24-7-23-10/h2-5H,6-7H2,1H3. The van der Waals surface area contributed by atoms with Crippen molar-refractivity contribution in [1.82, 2.24) is 20.0 Å². The molecule has 0 aliphatic carbocycles. The summed E-state index contributed by atoms with van der Waals surface area (Å²) in [6, 6.07) is 6.11. The zero-order valence-electron chi connectivity index (χ0n) is 12.9. The molecule has 3 heterocycles. The molecule has 1 aliphatic heterocycles. The van der Waals surface area contributed by atoms with Crippen LogP contribution in [-0.2, 0) is 12.7 Å². The van der Waals surface area contributed by atoms with Gasteiger partial charge in [-0.3, -0.25) is 4.68 Å². The van der Waals surface area contributed by atoms with Gasteiger partial charge in [-0.1, -0.05) is 0 Å². The maximum Gasteiger partial charge on any atom is 0.435 e. The van der Waals surface area contributed by atoms with E-state index in [1.54, 1.807) is 18.2 Å². The monoisotopic (exact) mass is 352 g/mol. The molecule has 0 atom stereocenters. The number of ether oxygens (including phenoxy) is 2. The Labute approximate surface area is 139 Å². The van der Waals surface area contributed by atoms with Gasteiger partial charge >= 0.3 is 6.18 Å². The second-order valence-corrected chi connectivity index (χ2v) is 5.40. The first-order valence-electron chi connectivity index (χ1n) is 7.24. The lowest BCUT2D eigenvalue weighted by Gasteiger charge is -2.01. The van der Waals surface area contributed by atoms with Gasteiger partial charge in [-0.2, -0.15) is 18.3 Å². The first-order chi connectivity index (χ1) is 11.9. The van der Waals surface area contributed by atoms with E-state index in [1.165, 1.54) is 11.6 Å². The summed E-state index contributed by atoms with van der Waals surface area (Å²) in [5.41, 5.74) is 0.00633. The lowest BCUT2D eigenvalue weighted by atomic mass is 10.2. The van der Waals surface area contributed by atoms with E-state index in [9.17, 15) is 13.2 Å². The molecule has 0 bridgehead atoms. The first kappa shape index (κ1) is 15.5. The highest BCUT2D eigenvalue weighted by atomic mass is 19.4. The van der Waals surface area contributed by atoms with Crippen LogP contribution in [0.4, 0.5) is 13.2 Å². The number of aromatic nitrogens is 4. The fourth-order valence-corrected chi connectivity index (χ4v) is 2.40. The van der Waals surface area contributed by atoms with E-state index in [-0.39, 0.29) is 25.1 Å². The van der Waals surface area contributed by atoms with Gasteiger partial charge in [-0.25, -0.2) is 0 Å². The quantitative estimate of drug-likeness (QED) is 0.721. The number of benzene rings is 1. The summed E-state index contributed by atoms with van der Waals surface area (Å²) < 4.78 is 55.3. The van der Waals surface area contributed by atoms with Crippen LogP contribution in [0.1, 0.15) is 17.3 Å². The van der Waals surface area contributed by atoms with Crippen molar-refractivity contribution in [1.29, 1.82) is 0 Å². The van der Waals surface area contributed by atoms with E-state index >= 15 is 0 Å². The molecule has 0 N–H and O–H groups in total.